The Bertz CT molecular complexity index is 476. The van der Waals surface area contributed by atoms with E-state index in [1.807, 2.05) is 7.11 Å². The number of hydrogen-bond acceptors (Lipinski definition) is 3. The van der Waals surface area contributed by atoms with Gasteiger partial charge in [0.25, 0.3) is 0 Å². The largest absolute Gasteiger partial charge is 0.396 e. The molecule has 23 heavy (non-hydrogen) atoms. The molecule has 0 saturated heterocycles. The topological polar surface area (TPSA) is 46.5 Å². The molecule has 0 bridgehead atoms. The molecule has 130 valence electrons. The van der Waals surface area contributed by atoms with Crippen molar-refractivity contribution in [2.24, 2.45) is 40.9 Å². The third-order valence-corrected chi connectivity index (χ3v) is 8.40. The van der Waals surface area contributed by atoms with Crippen molar-refractivity contribution in [2.75, 3.05) is 13.7 Å². The highest BCUT2D eigenvalue weighted by Crippen LogP contribution is 2.61. The second-order valence-corrected chi connectivity index (χ2v) is 8.98. The van der Waals surface area contributed by atoms with Crippen molar-refractivity contribution in [1.29, 1.82) is 0 Å². The summed E-state index contributed by atoms with van der Waals surface area (Å²) >= 11 is 0. The van der Waals surface area contributed by atoms with Crippen molar-refractivity contribution in [3.63, 3.8) is 0 Å². The Balaban J connectivity index is 1.57. The molecular formula is C20H32O3. The van der Waals surface area contributed by atoms with Gasteiger partial charge in [-0.2, -0.15) is 0 Å². The van der Waals surface area contributed by atoms with Crippen LogP contribution >= 0.6 is 0 Å². The molecule has 0 heterocycles. The van der Waals surface area contributed by atoms with Crippen molar-refractivity contribution in [3.8, 4) is 0 Å². The number of methoxy groups -OCH3 is 1. The molecule has 3 nitrogen and oxygen atoms in total. The average molecular weight is 320 g/mol. The van der Waals surface area contributed by atoms with Crippen molar-refractivity contribution < 1.29 is 14.6 Å². The van der Waals surface area contributed by atoms with E-state index in [9.17, 15) is 9.90 Å². The summed E-state index contributed by atoms with van der Waals surface area (Å²) < 4.78 is 5.85. The Hall–Kier alpha value is -0.410. The fourth-order valence-electron chi connectivity index (χ4n) is 7.27. The minimum atomic E-state index is -0.00301. The van der Waals surface area contributed by atoms with Gasteiger partial charge in [-0.15, -0.1) is 0 Å². The lowest BCUT2D eigenvalue weighted by Gasteiger charge is -2.56. The first-order valence-corrected chi connectivity index (χ1v) is 9.77. The summed E-state index contributed by atoms with van der Waals surface area (Å²) in [5, 5.41) is 9.68. The molecule has 4 aliphatic rings. The van der Waals surface area contributed by atoms with Gasteiger partial charge in [0.15, 0.2) is 0 Å². The summed E-state index contributed by atoms with van der Waals surface area (Å²) in [5.41, 5.74) is -0.00301. The molecule has 3 heteroatoms. The van der Waals surface area contributed by atoms with Crippen molar-refractivity contribution in [1.82, 2.24) is 0 Å². The highest BCUT2D eigenvalue weighted by atomic mass is 16.5. The molecule has 0 radical (unpaired) electrons. The maximum atomic E-state index is 12.4. The third-order valence-electron chi connectivity index (χ3n) is 8.40. The van der Waals surface area contributed by atoms with Crippen LogP contribution in [0.5, 0.6) is 0 Å². The highest BCUT2D eigenvalue weighted by Gasteiger charge is 2.58. The predicted molar refractivity (Wildman–Crippen MR) is 88.9 cm³/mol. The monoisotopic (exact) mass is 320 g/mol. The molecule has 0 aromatic heterocycles. The quantitative estimate of drug-likeness (QED) is 0.848. The van der Waals surface area contributed by atoms with Crippen LogP contribution in [0.25, 0.3) is 0 Å². The number of aliphatic hydroxyl groups is 1. The van der Waals surface area contributed by atoms with E-state index in [1.165, 1.54) is 25.7 Å². The molecule has 0 aromatic carbocycles. The average Bonchev–Trinajstić information content (AvgIpc) is 2.88. The van der Waals surface area contributed by atoms with Gasteiger partial charge < -0.3 is 9.84 Å². The molecule has 0 spiro atoms. The van der Waals surface area contributed by atoms with Crippen LogP contribution in [0.1, 0.15) is 58.3 Å². The van der Waals surface area contributed by atoms with Crippen LogP contribution in [0.4, 0.5) is 0 Å². The lowest BCUT2D eigenvalue weighted by atomic mass is 9.49. The molecule has 0 amide bonds. The first-order chi connectivity index (χ1) is 11.1. The SMILES string of the molecule is COC1C(CO)CCC2C3CCC4(C)C(=O)CCC4C3CCC21. The smallest absolute Gasteiger partial charge is 0.139 e. The fourth-order valence-corrected chi connectivity index (χ4v) is 7.27. The number of hydrogen-bond donors (Lipinski definition) is 1. The van der Waals surface area contributed by atoms with Gasteiger partial charge in [-0.3, -0.25) is 4.79 Å². The number of ketones is 1. The summed E-state index contributed by atoms with van der Waals surface area (Å²) in [6, 6.07) is 0. The number of fused-ring (bicyclic) bond motifs is 5. The lowest BCUT2D eigenvalue weighted by Crippen LogP contribution is -2.52. The van der Waals surface area contributed by atoms with Gasteiger partial charge in [0.05, 0.1) is 6.10 Å². The number of carbonyl (C=O) groups is 1. The molecule has 0 aromatic rings. The van der Waals surface area contributed by atoms with Gasteiger partial charge in [-0.25, -0.2) is 0 Å². The molecule has 4 saturated carbocycles. The Morgan fingerprint density at radius 1 is 1.04 bits per heavy atom. The fraction of sp³-hybridized carbons (Fsp3) is 0.950. The summed E-state index contributed by atoms with van der Waals surface area (Å²) in [5.74, 6) is 4.49. The molecule has 0 aliphatic heterocycles. The summed E-state index contributed by atoms with van der Waals surface area (Å²) in [7, 11) is 1.83. The van der Waals surface area contributed by atoms with Gasteiger partial charge >= 0.3 is 0 Å². The van der Waals surface area contributed by atoms with Crippen LogP contribution in [0.2, 0.25) is 0 Å². The van der Waals surface area contributed by atoms with Gasteiger partial charge in [-0.05, 0) is 74.5 Å². The van der Waals surface area contributed by atoms with Crippen LogP contribution < -0.4 is 0 Å². The van der Waals surface area contributed by atoms with E-state index in [2.05, 4.69) is 6.92 Å². The van der Waals surface area contributed by atoms with Gasteiger partial charge in [0, 0.05) is 31.5 Å². The molecule has 8 atom stereocenters. The molecule has 4 aliphatic carbocycles. The van der Waals surface area contributed by atoms with Crippen LogP contribution in [-0.4, -0.2) is 30.7 Å². The minimum absolute atomic E-state index is 0.00301. The summed E-state index contributed by atoms with van der Waals surface area (Å²) in [6.07, 6.45) is 9.45. The van der Waals surface area contributed by atoms with Crippen molar-refractivity contribution in [2.45, 2.75) is 64.4 Å². The Morgan fingerprint density at radius 3 is 2.48 bits per heavy atom. The van der Waals surface area contributed by atoms with Crippen LogP contribution in [-0.2, 0) is 9.53 Å². The normalized spacial score (nSPS) is 52.7. The second-order valence-electron chi connectivity index (χ2n) is 8.98. The first-order valence-electron chi connectivity index (χ1n) is 9.77. The van der Waals surface area contributed by atoms with Gasteiger partial charge in [-0.1, -0.05) is 6.92 Å². The summed E-state index contributed by atoms with van der Waals surface area (Å²) in [6.45, 7) is 2.53. The van der Waals surface area contributed by atoms with Crippen molar-refractivity contribution >= 4 is 5.78 Å². The number of aliphatic hydroxyl groups excluding tert-OH is 1. The van der Waals surface area contributed by atoms with E-state index in [1.54, 1.807) is 0 Å². The lowest BCUT2D eigenvalue weighted by molar-refractivity contribution is -0.140. The zero-order valence-corrected chi connectivity index (χ0v) is 14.7. The van der Waals surface area contributed by atoms with E-state index in [-0.39, 0.29) is 18.1 Å². The molecule has 8 unspecified atom stereocenters. The standard InChI is InChI=1S/C20H32O3/c1-20-10-9-14-13-4-3-12(11-21)19(23-2)16(13)6-5-15(14)17(20)7-8-18(20)22/h12-17,19,21H,3-11H2,1-2H3. The Kier molecular flexibility index (Phi) is 4.08. The zero-order valence-electron chi connectivity index (χ0n) is 14.7. The molecule has 1 N–H and O–H groups in total. The van der Waals surface area contributed by atoms with E-state index < -0.39 is 0 Å². The van der Waals surface area contributed by atoms with E-state index in [0.717, 1.165) is 43.4 Å². The second kappa shape index (κ2) is 5.84. The van der Waals surface area contributed by atoms with Crippen LogP contribution in [0.3, 0.4) is 0 Å². The maximum Gasteiger partial charge on any atom is 0.139 e. The highest BCUT2D eigenvalue weighted by molar-refractivity contribution is 5.87. The van der Waals surface area contributed by atoms with Gasteiger partial charge in [0.2, 0.25) is 0 Å². The van der Waals surface area contributed by atoms with Crippen LogP contribution in [0.15, 0.2) is 0 Å². The number of ether oxygens (including phenoxy) is 1. The number of rotatable bonds is 2. The third kappa shape index (κ3) is 2.26. The van der Waals surface area contributed by atoms with Crippen LogP contribution in [0, 0.1) is 40.9 Å². The molecule has 4 rings (SSSR count). The first kappa shape index (κ1) is 16.1. The molecule has 4 fully saturated rings. The minimum Gasteiger partial charge on any atom is -0.396 e. The Morgan fingerprint density at radius 2 is 1.74 bits per heavy atom. The van der Waals surface area contributed by atoms with E-state index in [4.69, 9.17) is 4.74 Å². The van der Waals surface area contributed by atoms with E-state index in [0.29, 0.717) is 23.5 Å². The zero-order chi connectivity index (χ0) is 16.2. The van der Waals surface area contributed by atoms with E-state index >= 15 is 0 Å². The van der Waals surface area contributed by atoms with Gasteiger partial charge in [0.1, 0.15) is 5.78 Å². The number of Topliss-reactive ketones (excluding diaryl/α,β-unsaturated/α-hetero) is 1. The Labute approximate surface area is 140 Å². The predicted octanol–water partition coefficient (Wildman–Crippen LogP) is 3.44. The summed E-state index contributed by atoms with van der Waals surface area (Å²) in [4.78, 5) is 12.4. The van der Waals surface area contributed by atoms with Crippen molar-refractivity contribution in [3.05, 3.63) is 0 Å². The molecular weight excluding hydrogens is 288 g/mol. The maximum absolute atomic E-state index is 12.4. The number of carbonyl (C=O) groups excluding carboxylic acids is 1.